The monoisotopic (exact) mass is 418 g/mol. The summed E-state index contributed by atoms with van der Waals surface area (Å²) in [6.07, 6.45) is 7.47. The summed E-state index contributed by atoms with van der Waals surface area (Å²) in [5.41, 5.74) is 3.36. The Balaban J connectivity index is 1.23. The van der Waals surface area contributed by atoms with Crippen molar-refractivity contribution in [1.82, 2.24) is 19.8 Å². The van der Waals surface area contributed by atoms with Crippen molar-refractivity contribution in [2.24, 2.45) is 0 Å². The van der Waals surface area contributed by atoms with Crippen molar-refractivity contribution in [3.05, 3.63) is 77.9 Å². The van der Waals surface area contributed by atoms with Gasteiger partial charge in [-0.15, -0.1) is 0 Å². The van der Waals surface area contributed by atoms with Crippen molar-refractivity contribution in [3.63, 3.8) is 0 Å². The number of aromatic nitrogens is 2. The van der Waals surface area contributed by atoms with Crippen LogP contribution in [0.3, 0.4) is 0 Å². The minimum atomic E-state index is -0.0302. The van der Waals surface area contributed by atoms with Gasteiger partial charge in [0.05, 0.1) is 12.4 Å². The summed E-state index contributed by atoms with van der Waals surface area (Å²) in [6.45, 7) is 3.16. The van der Waals surface area contributed by atoms with Crippen LogP contribution in [0.25, 0.3) is 0 Å². The van der Waals surface area contributed by atoms with Crippen LogP contribution in [0.5, 0.6) is 11.5 Å². The van der Waals surface area contributed by atoms with Gasteiger partial charge in [0.15, 0.2) is 11.5 Å². The van der Waals surface area contributed by atoms with E-state index in [0.29, 0.717) is 19.8 Å². The number of amides is 2. The number of carbonyl (C=O) groups excluding carboxylic acids is 1. The standard InChI is InChI=1S/C24H26N4O3/c29-24(26-15-18-3-1-4-19(13-18)16-27-10-8-25-17-27)28-9-2-5-21(28)20-6-7-22-23(14-20)31-12-11-30-22/h1,3-4,6-8,10,13-14,17,21H,2,5,9,11-12,15-16H2,(H,26,29)/t21-/m0/s1. The summed E-state index contributed by atoms with van der Waals surface area (Å²) in [5, 5.41) is 3.10. The molecule has 0 unspecified atom stereocenters. The van der Waals surface area contributed by atoms with Crippen LogP contribution < -0.4 is 14.8 Å². The van der Waals surface area contributed by atoms with Crippen molar-refractivity contribution in [2.75, 3.05) is 19.8 Å². The van der Waals surface area contributed by atoms with Gasteiger partial charge in [-0.1, -0.05) is 30.3 Å². The van der Waals surface area contributed by atoms with Gasteiger partial charge in [-0.2, -0.15) is 0 Å². The highest BCUT2D eigenvalue weighted by Gasteiger charge is 2.30. The second kappa shape index (κ2) is 8.71. The minimum absolute atomic E-state index is 0.0302. The van der Waals surface area contributed by atoms with Gasteiger partial charge in [-0.05, 0) is 41.7 Å². The third-order valence-corrected chi connectivity index (χ3v) is 5.82. The van der Waals surface area contributed by atoms with Crippen LogP contribution in [-0.2, 0) is 13.1 Å². The first-order valence-electron chi connectivity index (χ1n) is 10.7. The van der Waals surface area contributed by atoms with E-state index in [0.717, 1.165) is 48.6 Å². The number of fused-ring (bicyclic) bond motifs is 1. The summed E-state index contributed by atoms with van der Waals surface area (Å²) >= 11 is 0. The highest BCUT2D eigenvalue weighted by Crippen LogP contribution is 2.38. The van der Waals surface area contributed by atoms with Gasteiger partial charge in [0, 0.05) is 32.0 Å². The first kappa shape index (κ1) is 19.5. The molecule has 1 N–H and O–H groups in total. The van der Waals surface area contributed by atoms with Crippen LogP contribution in [-0.4, -0.2) is 40.2 Å². The number of nitrogens with one attached hydrogen (secondary N) is 1. The van der Waals surface area contributed by atoms with Crippen molar-refractivity contribution in [2.45, 2.75) is 32.0 Å². The highest BCUT2D eigenvalue weighted by atomic mass is 16.6. The van der Waals surface area contributed by atoms with Crippen LogP contribution in [0.4, 0.5) is 4.79 Å². The van der Waals surface area contributed by atoms with E-state index in [1.165, 1.54) is 5.56 Å². The van der Waals surface area contributed by atoms with Crippen LogP contribution in [0.2, 0.25) is 0 Å². The summed E-state index contributed by atoms with van der Waals surface area (Å²) < 4.78 is 13.4. The van der Waals surface area contributed by atoms with E-state index in [4.69, 9.17) is 9.47 Å². The highest BCUT2D eigenvalue weighted by molar-refractivity contribution is 5.75. The zero-order valence-electron chi connectivity index (χ0n) is 17.4. The van der Waals surface area contributed by atoms with Crippen LogP contribution >= 0.6 is 0 Å². The Labute approximate surface area is 181 Å². The van der Waals surface area contributed by atoms with Crippen LogP contribution in [0.1, 0.15) is 35.6 Å². The first-order valence-corrected chi connectivity index (χ1v) is 10.7. The molecule has 1 fully saturated rings. The molecule has 3 aromatic rings. The van der Waals surface area contributed by atoms with Crippen molar-refractivity contribution < 1.29 is 14.3 Å². The molecule has 160 valence electrons. The van der Waals surface area contributed by atoms with E-state index >= 15 is 0 Å². The van der Waals surface area contributed by atoms with E-state index < -0.39 is 0 Å². The lowest BCUT2D eigenvalue weighted by Crippen LogP contribution is -2.39. The Morgan fingerprint density at radius 2 is 1.97 bits per heavy atom. The Hall–Kier alpha value is -3.48. The molecule has 7 nitrogen and oxygen atoms in total. The fourth-order valence-corrected chi connectivity index (χ4v) is 4.33. The average Bonchev–Trinajstić information content (AvgIpc) is 3.50. The molecule has 1 aromatic heterocycles. The minimum Gasteiger partial charge on any atom is -0.486 e. The third-order valence-electron chi connectivity index (χ3n) is 5.82. The molecule has 2 amide bonds. The third kappa shape index (κ3) is 4.35. The maximum absolute atomic E-state index is 13.0. The maximum atomic E-state index is 13.0. The van der Waals surface area contributed by atoms with Gasteiger partial charge in [-0.3, -0.25) is 0 Å². The number of nitrogens with zero attached hydrogens (tertiary/aromatic N) is 3. The molecule has 0 saturated carbocycles. The second-order valence-electron chi connectivity index (χ2n) is 7.97. The van der Waals surface area contributed by atoms with Gasteiger partial charge in [-0.25, -0.2) is 9.78 Å². The lowest BCUT2D eigenvalue weighted by atomic mass is 10.0. The summed E-state index contributed by atoms with van der Waals surface area (Å²) in [6, 6.07) is 14.3. The number of imidazole rings is 1. The fraction of sp³-hybridized carbons (Fsp3) is 0.333. The Bertz CT molecular complexity index is 1050. The predicted octanol–water partition coefficient (Wildman–Crippen LogP) is 3.75. The van der Waals surface area contributed by atoms with E-state index in [9.17, 15) is 4.79 Å². The summed E-state index contributed by atoms with van der Waals surface area (Å²) in [7, 11) is 0. The number of urea groups is 1. The van der Waals surface area contributed by atoms with Crippen molar-refractivity contribution in [1.29, 1.82) is 0 Å². The quantitative estimate of drug-likeness (QED) is 0.685. The molecule has 1 saturated heterocycles. The molecule has 5 rings (SSSR count). The normalized spacial score (nSPS) is 17.5. The van der Waals surface area contributed by atoms with Crippen LogP contribution in [0.15, 0.2) is 61.2 Å². The zero-order chi connectivity index (χ0) is 21.0. The average molecular weight is 418 g/mol. The van der Waals surface area contributed by atoms with Crippen LogP contribution in [0, 0.1) is 0 Å². The number of benzene rings is 2. The molecule has 0 bridgehead atoms. The molecule has 3 heterocycles. The SMILES string of the molecule is O=C(NCc1cccc(Cn2ccnc2)c1)N1CCC[C@H]1c1ccc2c(c1)OCCO2. The van der Waals surface area contributed by atoms with E-state index in [2.05, 4.69) is 22.4 Å². The van der Waals surface area contributed by atoms with Gasteiger partial charge in [0.2, 0.25) is 0 Å². The molecule has 2 aromatic carbocycles. The van der Waals surface area contributed by atoms with E-state index in [1.54, 1.807) is 12.5 Å². The maximum Gasteiger partial charge on any atom is 0.318 e. The van der Waals surface area contributed by atoms with Gasteiger partial charge >= 0.3 is 6.03 Å². The molecule has 0 aliphatic carbocycles. The number of hydrogen-bond donors (Lipinski definition) is 1. The fourth-order valence-electron chi connectivity index (χ4n) is 4.33. The largest absolute Gasteiger partial charge is 0.486 e. The topological polar surface area (TPSA) is 68.6 Å². The first-order chi connectivity index (χ1) is 15.3. The van der Waals surface area contributed by atoms with Gasteiger partial charge in [0.25, 0.3) is 0 Å². The molecule has 0 radical (unpaired) electrons. The zero-order valence-corrected chi connectivity index (χ0v) is 17.4. The molecule has 2 aliphatic rings. The predicted molar refractivity (Wildman–Crippen MR) is 116 cm³/mol. The van der Waals surface area contributed by atoms with Gasteiger partial charge in [0.1, 0.15) is 13.2 Å². The molecule has 2 aliphatic heterocycles. The summed E-state index contributed by atoms with van der Waals surface area (Å²) in [5.74, 6) is 1.55. The van der Waals surface area contributed by atoms with Crippen molar-refractivity contribution in [3.8, 4) is 11.5 Å². The number of hydrogen-bond acceptors (Lipinski definition) is 4. The van der Waals surface area contributed by atoms with Gasteiger partial charge < -0.3 is 24.3 Å². The lowest BCUT2D eigenvalue weighted by Gasteiger charge is -2.27. The number of rotatable bonds is 5. The molecular formula is C24H26N4O3. The molecule has 0 spiro atoms. The Morgan fingerprint density at radius 1 is 1.10 bits per heavy atom. The smallest absolute Gasteiger partial charge is 0.318 e. The Morgan fingerprint density at radius 3 is 2.84 bits per heavy atom. The number of likely N-dealkylation sites (tertiary alicyclic amines) is 1. The molecule has 7 heteroatoms. The second-order valence-corrected chi connectivity index (χ2v) is 7.97. The van der Waals surface area contributed by atoms with E-state index in [-0.39, 0.29) is 12.1 Å². The summed E-state index contributed by atoms with van der Waals surface area (Å²) in [4.78, 5) is 19.0. The Kier molecular flexibility index (Phi) is 5.48. The van der Waals surface area contributed by atoms with E-state index in [1.807, 2.05) is 46.0 Å². The number of carbonyl (C=O) groups is 1. The molecule has 31 heavy (non-hydrogen) atoms. The van der Waals surface area contributed by atoms with Crippen molar-refractivity contribution >= 4 is 6.03 Å². The number of ether oxygens (including phenoxy) is 2. The molecular weight excluding hydrogens is 392 g/mol. The molecule has 1 atom stereocenters. The lowest BCUT2D eigenvalue weighted by molar-refractivity contribution is 0.170.